The van der Waals surface area contributed by atoms with Crippen LogP contribution in [-0.2, 0) is 0 Å². The summed E-state index contributed by atoms with van der Waals surface area (Å²) in [7, 11) is 3.15. The molecule has 0 bridgehead atoms. The van der Waals surface area contributed by atoms with E-state index in [1.807, 2.05) is 6.92 Å². The van der Waals surface area contributed by atoms with Crippen LogP contribution in [0.1, 0.15) is 36.5 Å². The predicted octanol–water partition coefficient (Wildman–Crippen LogP) is 1.96. The summed E-state index contributed by atoms with van der Waals surface area (Å²) in [6.45, 7) is 3.07. The van der Waals surface area contributed by atoms with Gasteiger partial charge in [0.2, 0.25) is 0 Å². The highest BCUT2D eigenvalue weighted by molar-refractivity contribution is 5.95. The molecule has 2 rings (SSSR count). The van der Waals surface area contributed by atoms with E-state index < -0.39 is 0 Å². The maximum absolute atomic E-state index is 12.4. The van der Waals surface area contributed by atoms with Crippen molar-refractivity contribution in [1.29, 1.82) is 0 Å². The molecule has 116 valence electrons. The Morgan fingerprint density at radius 2 is 1.90 bits per heavy atom. The van der Waals surface area contributed by atoms with Crippen molar-refractivity contribution in [2.75, 3.05) is 20.8 Å². The summed E-state index contributed by atoms with van der Waals surface area (Å²) in [5.74, 6) is 1.12. The molecule has 1 fully saturated rings. The summed E-state index contributed by atoms with van der Waals surface area (Å²) in [6.07, 6.45) is 3.53. The monoisotopic (exact) mass is 292 g/mol. The number of carbonyl (C=O) groups excluding carboxylic acids is 1. The first-order valence-electron chi connectivity index (χ1n) is 7.41. The lowest BCUT2D eigenvalue weighted by molar-refractivity contribution is 0.0927. The van der Waals surface area contributed by atoms with E-state index in [1.165, 1.54) is 12.8 Å². The van der Waals surface area contributed by atoms with E-state index in [4.69, 9.17) is 9.47 Å². The normalized spacial score (nSPS) is 19.7. The van der Waals surface area contributed by atoms with E-state index in [9.17, 15) is 4.79 Å². The van der Waals surface area contributed by atoms with Crippen molar-refractivity contribution < 1.29 is 14.3 Å². The Hall–Kier alpha value is -1.75. The minimum absolute atomic E-state index is 0.0926. The fourth-order valence-corrected chi connectivity index (χ4v) is 2.63. The van der Waals surface area contributed by atoms with Crippen LogP contribution < -0.4 is 20.1 Å². The van der Waals surface area contributed by atoms with E-state index in [1.54, 1.807) is 32.4 Å². The van der Waals surface area contributed by atoms with Crippen LogP contribution in [-0.4, -0.2) is 38.8 Å². The quantitative estimate of drug-likeness (QED) is 0.871. The molecule has 2 N–H and O–H groups in total. The number of hydrogen-bond donors (Lipinski definition) is 2. The van der Waals surface area contributed by atoms with Crippen LogP contribution in [0.4, 0.5) is 0 Å². The van der Waals surface area contributed by atoms with Crippen LogP contribution in [0, 0.1) is 0 Å². The van der Waals surface area contributed by atoms with Crippen LogP contribution >= 0.6 is 0 Å². The highest BCUT2D eigenvalue weighted by Gasteiger charge is 2.21. The zero-order chi connectivity index (χ0) is 15.2. The van der Waals surface area contributed by atoms with Gasteiger partial charge in [0.15, 0.2) is 0 Å². The molecule has 1 aromatic rings. The number of amides is 1. The van der Waals surface area contributed by atoms with E-state index in [0.29, 0.717) is 23.1 Å². The Kier molecular flexibility index (Phi) is 5.44. The van der Waals surface area contributed by atoms with Crippen LogP contribution in [0.2, 0.25) is 0 Å². The number of carbonyl (C=O) groups is 1. The molecular weight excluding hydrogens is 268 g/mol. The summed E-state index contributed by atoms with van der Waals surface area (Å²) in [6, 6.07) is 5.63. The van der Waals surface area contributed by atoms with Gasteiger partial charge in [-0.1, -0.05) is 6.42 Å². The standard InChI is InChI=1S/C16H24N2O3/c1-11(15-6-4-5-7-17-15)18-16(19)12-8-13(20-2)10-14(9-12)21-3/h8-11,15,17H,4-7H2,1-3H3,(H,18,19). The van der Waals surface area contributed by atoms with Gasteiger partial charge in [0.25, 0.3) is 5.91 Å². The molecule has 2 atom stereocenters. The van der Waals surface area contributed by atoms with Crippen molar-refractivity contribution in [2.24, 2.45) is 0 Å². The average molecular weight is 292 g/mol. The second-order valence-corrected chi connectivity index (χ2v) is 5.42. The third kappa shape index (κ3) is 4.11. The van der Waals surface area contributed by atoms with Crippen LogP contribution in [0.5, 0.6) is 11.5 Å². The van der Waals surface area contributed by atoms with Gasteiger partial charge in [0, 0.05) is 23.7 Å². The largest absolute Gasteiger partial charge is 0.497 e. The minimum Gasteiger partial charge on any atom is -0.497 e. The number of rotatable bonds is 5. The molecule has 0 radical (unpaired) electrons. The second kappa shape index (κ2) is 7.31. The molecule has 21 heavy (non-hydrogen) atoms. The SMILES string of the molecule is COc1cc(OC)cc(C(=O)NC(C)C2CCCCN2)c1. The van der Waals surface area contributed by atoms with Crippen molar-refractivity contribution >= 4 is 5.91 Å². The van der Waals surface area contributed by atoms with Gasteiger partial charge in [0.05, 0.1) is 14.2 Å². The van der Waals surface area contributed by atoms with Crippen molar-refractivity contribution in [3.8, 4) is 11.5 Å². The molecule has 0 saturated carbocycles. The number of hydrogen-bond acceptors (Lipinski definition) is 4. The predicted molar refractivity (Wildman–Crippen MR) is 82.1 cm³/mol. The van der Waals surface area contributed by atoms with Gasteiger partial charge in [-0.2, -0.15) is 0 Å². The lowest BCUT2D eigenvalue weighted by atomic mass is 9.99. The van der Waals surface area contributed by atoms with Gasteiger partial charge in [-0.3, -0.25) is 4.79 Å². The van der Waals surface area contributed by atoms with Gasteiger partial charge < -0.3 is 20.1 Å². The van der Waals surface area contributed by atoms with Gasteiger partial charge >= 0.3 is 0 Å². The minimum atomic E-state index is -0.105. The lowest BCUT2D eigenvalue weighted by Gasteiger charge is -2.29. The Bertz CT molecular complexity index is 462. The van der Waals surface area contributed by atoms with Gasteiger partial charge in [-0.05, 0) is 38.4 Å². The zero-order valence-electron chi connectivity index (χ0n) is 12.9. The highest BCUT2D eigenvalue weighted by atomic mass is 16.5. The average Bonchev–Trinajstić information content (AvgIpc) is 2.54. The summed E-state index contributed by atoms with van der Waals surface area (Å²) in [5.41, 5.74) is 0.550. The Labute approximate surface area is 126 Å². The Balaban J connectivity index is 2.05. The molecule has 0 spiro atoms. The molecule has 1 heterocycles. The molecule has 0 aromatic heterocycles. The van der Waals surface area contributed by atoms with Crippen molar-refractivity contribution in [1.82, 2.24) is 10.6 Å². The van der Waals surface area contributed by atoms with Crippen LogP contribution in [0.3, 0.4) is 0 Å². The molecule has 1 aliphatic rings. The van der Waals surface area contributed by atoms with Gasteiger partial charge in [0.1, 0.15) is 11.5 Å². The summed E-state index contributed by atoms with van der Waals surface area (Å²) < 4.78 is 10.4. The second-order valence-electron chi connectivity index (χ2n) is 5.42. The maximum Gasteiger partial charge on any atom is 0.251 e. The van der Waals surface area contributed by atoms with Crippen molar-refractivity contribution in [3.63, 3.8) is 0 Å². The Morgan fingerprint density at radius 1 is 1.24 bits per heavy atom. The molecule has 5 nitrogen and oxygen atoms in total. The summed E-state index contributed by atoms with van der Waals surface area (Å²) >= 11 is 0. The fourth-order valence-electron chi connectivity index (χ4n) is 2.63. The molecule has 1 saturated heterocycles. The van der Waals surface area contributed by atoms with Crippen molar-refractivity contribution in [2.45, 2.75) is 38.3 Å². The number of nitrogens with one attached hydrogen (secondary N) is 2. The van der Waals surface area contributed by atoms with Crippen LogP contribution in [0.25, 0.3) is 0 Å². The molecule has 1 aromatic carbocycles. The molecular formula is C16H24N2O3. The van der Waals surface area contributed by atoms with Gasteiger partial charge in [-0.15, -0.1) is 0 Å². The number of methoxy groups -OCH3 is 2. The number of piperidine rings is 1. The number of benzene rings is 1. The molecule has 1 aliphatic heterocycles. The fraction of sp³-hybridized carbons (Fsp3) is 0.562. The van der Waals surface area contributed by atoms with E-state index in [-0.39, 0.29) is 11.9 Å². The number of ether oxygens (including phenoxy) is 2. The zero-order valence-corrected chi connectivity index (χ0v) is 12.9. The summed E-state index contributed by atoms with van der Waals surface area (Å²) in [5, 5.41) is 6.51. The molecule has 1 amide bonds. The first-order chi connectivity index (χ1) is 10.1. The third-order valence-electron chi connectivity index (χ3n) is 3.92. The smallest absolute Gasteiger partial charge is 0.251 e. The van der Waals surface area contributed by atoms with Gasteiger partial charge in [-0.25, -0.2) is 0 Å². The topological polar surface area (TPSA) is 59.6 Å². The van der Waals surface area contributed by atoms with E-state index >= 15 is 0 Å². The highest BCUT2D eigenvalue weighted by Crippen LogP contribution is 2.22. The van der Waals surface area contributed by atoms with Crippen molar-refractivity contribution in [3.05, 3.63) is 23.8 Å². The van der Waals surface area contributed by atoms with E-state index in [2.05, 4.69) is 10.6 Å². The first-order valence-corrected chi connectivity index (χ1v) is 7.41. The molecule has 0 aliphatic carbocycles. The molecule has 2 unspecified atom stereocenters. The first kappa shape index (κ1) is 15.6. The lowest BCUT2D eigenvalue weighted by Crippen LogP contribution is -2.50. The maximum atomic E-state index is 12.4. The Morgan fingerprint density at radius 3 is 2.43 bits per heavy atom. The summed E-state index contributed by atoms with van der Waals surface area (Å²) in [4.78, 5) is 12.4. The third-order valence-corrected chi connectivity index (χ3v) is 3.92. The van der Waals surface area contributed by atoms with Crippen LogP contribution in [0.15, 0.2) is 18.2 Å². The molecule has 5 heteroatoms. The van der Waals surface area contributed by atoms with E-state index in [0.717, 1.165) is 13.0 Å².